The molecule has 0 saturated carbocycles. The predicted octanol–water partition coefficient (Wildman–Crippen LogP) is 3.00. The second kappa shape index (κ2) is 6.16. The van der Waals surface area contributed by atoms with Crippen molar-refractivity contribution in [3.63, 3.8) is 0 Å². The fourth-order valence-electron chi connectivity index (χ4n) is 3.18. The van der Waals surface area contributed by atoms with Crippen LogP contribution in [0, 0.1) is 24.0 Å². The summed E-state index contributed by atoms with van der Waals surface area (Å²) in [6.07, 6.45) is 4.00. The Morgan fingerprint density at radius 3 is 2.72 bits per heavy atom. The summed E-state index contributed by atoms with van der Waals surface area (Å²) in [7, 11) is 0. The number of nitro groups is 1. The van der Waals surface area contributed by atoms with Crippen LogP contribution < -0.4 is 0 Å². The fourth-order valence-corrected chi connectivity index (χ4v) is 4.22. The van der Waals surface area contributed by atoms with Crippen LogP contribution >= 0.6 is 11.3 Å². The summed E-state index contributed by atoms with van der Waals surface area (Å²) >= 11 is 1.63. The molecule has 0 N–H and O–H groups in total. The van der Waals surface area contributed by atoms with Gasteiger partial charge >= 0.3 is 5.82 Å². The Labute approximate surface area is 148 Å². The van der Waals surface area contributed by atoms with Crippen molar-refractivity contribution in [2.75, 3.05) is 13.1 Å². The molecule has 0 aliphatic carbocycles. The van der Waals surface area contributed by atoms with E-state index in [0.29, 0.717) is 12.4 Å². The van der Waals surface area contributed by atoms with Gasteiger partial charge in [0.2, 0.25) is 0 Å². The maximum absolute atomic E-state index is 11.0. The molecule has 3 aromatic rings. The molecule has 1 fully saturated rings. The van der Waals surface area contributed by atoms with Gasteiger partial charge < -0.3 is 10.1 Å². The first-order valence-corrected chi connectivity index (χ1v) is 9.04. The highest BCUT2D eigenvalue weighted by Gasteiger charge is 2.22. The van der Waals surface area contributed by atoms with Crippen molar-refractivity contribution < 1.29 is 4.92 Å². The predicted molar refractivity (Wildman–Crippen MR) is 95.2 cm³/mol. The van der Waals surface area contributed by atoms with Gasteiger partial charge in [0.05, 0.1) is 29.3 Å². The van der Waals surface area contributed by atoms with E-state index in [1.807, 2.05) is 6.92 Å². The van der Waals surface area contributed by atoms with Crippen molar-refractivity contribution in [3.05, 3.63) is 38.6 Å². The molecule has 1 aliphatic rings. The monoisotopic (exact) mass is 358 g/mol. The molecular weight excluding hydrogens is 340 g/mol. The lowest BCUT2D eigenvalue weighted by Crippen LogP contribution is -2.20. The van der Waals surface area contributed by atoms with E-state index < -0.39 is 4.92 Å². The topological polar surface area (TPSA) is 90.0 Å². The van der Waals surface area contributed by atoms with Gasteiger partial charge in [0, 0.05) is 4.88 Å². The van der Waals surface area contributed by atoms with Crippen molar-refractivity contribution >= 4 is 27.4 Å². The van der Waals surface area contributed by atoms with Crippen LogP contribution in [0.15, 0.2) is 12.3 Å². The summed E-state index contributed by atoms with van der Waals surface area (Å²) in [6, 6.07) is 1.39. The zero-order valence-corrected chi connectivity index (χ0v) is 14.9. The zero-order valence-electron chi connectivity index (χ0n) is 14.1. The van der Waals surface area contributed by atoms with Gasteiger partial charge in [-0.05, 0) is 50.3 Å². The first-order valence-electron chi connectivity index (χ1n) is 8.22. The summed E-state index contributed by atoms with van der Waals surface area (Å²) in [5.74, 6) is 1.18. The van der Waals surface area contributed by atoms with Gasteiger partial charge in [0.25, 0.3) is 0 Å². The summed E-state index contributed by atoms with van der Waals surface area (Å²) in [6.45, 7) is 6.90. The fraction of sp³-hybridized carbons (Fsp3) is 0.438. The Morgan fingerprint density at radius 1 is 1.28 bits per heavy atom. The molecule has 4 heterocycles. The maximum Gasteiger partial charge on any atom is 0.390 e. The summed E-state index contributed by atoms with van der Waals surface area (Å²) < 4.78 is 1.49. The lowest BCUT2D eigenvalue weighted by Gasteiger charge is -2.13. The summed E-state index contributed by atoms with van der Waals surface area (Å²) in [5.41, 5.74) is 1.10. The summed E-state index contributed by atoms with van der Waals surface area (Å²) in [5, 5.41) is 16.0. The van der Waals surface area contributed by atoms with E-state index in [9.17, 15) is 10.1 Å². The van der Waals surface area contributed by atoms with Crippen molar-refractivity contribution in [2.24, 2.45) is 0 Å². The molecule has 4 rings (SSSR count). The van der Waals surface area contributed by atoms with E-state index in [0.717, 1.165) is 34.7 Å². The largest absolute Gasteiger partial charge is 0.390 e. The molecule has 0 atom stereocenters. The Morgan fingerprint density at radius 2 is 2.04 bits per heavy atom. The van der Waals surface area contributed by atoms with E-state index in [4.69, 9.17) is 9.97 Å². The molecule has 0 spiro atoms. The molecule has 9 heteroatoms. The number of aryl methyl sites for hydroxylation is 2. The molecule has 130 valence electrons. The van der Waals surface area contributed by atoms with Gasteiger partial charge in [-0.2, -0.15) is 0 Å². The van der Waals surface area contributed by atoms with Crippen LogP contribution in [-0.2, 0) is 6.54 Å². The molecule has 0 bridgehead atoms. The molecular formula is C16H18N6O2S. The van der Waals surface area contributed by atoms with E-state index in [1.165, 1.54) is 28.5 Å². The van der Waals surface area contributed by atoms with Crippen LogP contribution in [0.1, 0.15) is 29.1 Å². The molecule has 0 unspecified atom stereocenters. The molecule has 0 radical (unpaired) electrons. The second-order valence-corrected chi connectivity index (χ2v) is 7.49. The van der Waals surface area contributed by atoms with Gasteiger partial charge in [0.1, 0.15) is 10.7 Å². The maximum atomic E-state index is 11.0. The van der Waals surface area contributed by atoms with E-state index in [-0.39, 0.29) is 5.82 Å². The Kier molecular flexibility index (Phi) is 3.97. The number of rotatable bonds is 4. The number of aromatic nitrogens is 4. The van der Waals surface area contributed by atoms with Crippen LogP contribution in [0.5, 0.6) is 0 Å². The number of fused-ring (bicyclic) bond motifs is 1. The number of thiophene rings is 1. The van der Waals surface area contributed by atoms with Gasteiger partial charge in [-0.1, -0.05) is 0 Å². The molecule has 1 aliphatic heterocycles. The van der Waals surface area contributed by atoms with Crippen LogP contribution in [0.25, 0.3) is 16.0 Å². The first-order chi connectivity index (χ1) is 12.0. The molecule has 1 saturated heterocycles. The minimum absolute atomic E-state index is 0.183. The number of hydrogen-bond acceptors (Lipinski definition) is 7. The highest BCUT2D eigenvalue weighted by atomic mass is 32.1. The highest BCUT2D eigenvalue weighted by Crippen LogP contribution is 2.32. The third-order valence-electron chi connectivity index (χ3n) is 4.60. The van der Waals surface area contributed by atoms with Crippen LogP contribution in [-0.4, -0.2) is 42.7 Å². The Hall–Kier alpha value is -2.39. The van der Waals surface area contributed by atoms with Gasteiger partial charge in [0.15, 0.2) is 5.82 Å². The third kappa shape index (κ3) is 2.89. The second-order valence-electron chi connectivity index (χ2n) is 6.29. The van der Waals surface area contributed by atoms with E-state index in [1.54, 1.807) is 17.5 Å². The van der Waals surface area contributed by atoms with Crippen molar-refractivity contribution in [1.29, 1.82) is 0 Å². The number of hydrogen-bond donors (Lipinski definition) is 0. The Balaban J connectivity index is 1.85. The Bertz CT molecular complexity index is 957. The molecule has 3 aromatic heterocycles. The van der Waals surface area contributed by atoms with E-state index >= 15 is 0 Å². The standard InChI is InChI=1S/C16H18N6O2S/c1-10-11(2)25-16-14(10)15(21-8-5-13(19-21)22(23)24)17-12(18-16)9-20-6-3-4-7-20/h5,8H,3-4,6-7,9H2,1-2H3. The van der Waals surface area contributed by atoms with Gasteiger partial charge in [-0.3, -0.25) is 4.90 Å². The SMILES string of the molecule is Cc1sc2nc(CN3CCCC3)nc(-n3ccc([N+](=O)[O-])n3)c2c1C. The molecule has 25 heavy (non-hydrogen) atoms. The molecule has 8 nitrogen and oxygen atoms in total. The highest BCUT2D eigenvalue weighted by molar-refractivity contribution is 7.18. The van der Waals surface area contributed by atoms with Gasteiger partial charge in [-0.15, -0.1) is 16.0 Å². The average molecular weight is 358 g/mol. The first kappa shape index (κ1) is 16.1. The smallest absolute Gasteiger partial charge is 0.358 e. The van der Waals surface area contributed by atoms with E-state index in [2.05, 4.69) is 16.9 Å². The van der Waals surface area contributed by atoms with Gasteiger partial charge in [-0.25, -0.2) is 9.97 Å². The van der Waals surface area contributed by atoms with Crippen molar-refractivity contribution in [1.82, 2.24) is 24.6 Å². The minimum atomic E-state index is -0.494. The normalized spacial score (nSPS) is 15.3. The van der Waals surface area contributed by atoms with Crippen molar-refractivity contribution in [2.45, 2.75) is 33.2 Å². The number of likely N-dealkylation sites (tertiary alicyclic amines) is 1. The quantitative estimate of drug-likeness (QED) is 0.526. The van der Waals surface area contributed by atoms with Crippen molar-refractivity contribution in [3.8, 4) is 5.82 Å². The van der Waals surface area contributed by atoms with Crippen LogP contribution in [0.3, 0.4) is 0 Å². The molecule has 0 amide bonds. The zero-order chi connectivity index (χ0) is 17.6. The minimum Gasteiger partial charge on any atom is -0.358 e. The average Bonchev–Trinajstić information content (AvgIpc) is 3.29. The van der Waals surface area contributed by atoms with Crippen LogP contribution in [0.2, 0.25) is 0 Å². The number of nitrogens with zero attached hydrogens (tertiary/aromatic N) is 6. The lowest BCUT2D eigenvalue weighted by molar-refractivity contribution is -0.389. The van der Waals surface area contributed by atoms with Crippen LogP contribution in [0.4, 0.5) is 5.82 Å². The molecule has 0 aromatic carbocycles. The lowest BCUT2D eigenvalue weighted by atomic mass is 10.2. The summed E-state index contributed by atoms with van der Waals surface area (Å²) in [4.78, 5) is 24.3. The third-order valence-corrected chi connectivity index (χ3v) is 5.70.